The molecule has 0 saturated carbocycles. The van der Waals surface area contributed by atoms with E-state index in [1.165, 1.54) is 17.0 Å². The maximum Gasteiger partial charge on any atom is 0.410 e. The minimum Gasteiger partial charge on any atom is -0.443 e. The molecule has 3 amide bonds. The molecule has 2 aromatic rings. The molecule has 2 aliphatic rings. The molecule has 196 valence electrons. The topological polar surface area (TPSA) is 118 Å². The molecule has 1 aromatic heterocycles. The van der Waals surface area contributed by atoms with Crippen molar-refractivity contribution in [3.8, 4) is 0 Å². The summed E-state index contributed by atoms with van der Waals surface area (Å²) in [5, 5.41) is 8.42. The summed E-state index contributed by atoms with van der Waals surface area (Å²) in [6, 6.07) is 7.39. The minimum atomic E-state index is -0.619. The lowest BCUT2D eigenvalue weighted by Gasteiger charge is -2.23. The van der Waals surface area contributed by atoms with Crippen molar-refractivity contribution in [3.05, 3.63) is 63.7 Å². The van der Waals surface area contributed by atoms with E-state index in [2.05, 4.69) is 10.3 Å². The van der Waals surface area contributed by atoms with E-state index in [9.17, 15) is 18.8 Å². The van der Waals surface area contributed by atoms with Gasteiger partial charge in [-0.1, -0.05) is 32.4 Å². The number of ether oxygens (including phenoxy) is 1. The number of carbonyl (C=O) groups excluding carboxylic acids is 3. The SMILES string of the molecule is CC(C)(C)C(=O)Nc1ccc(Cl)nc1COC(=O)N1CC2=C(C1)CN(C(=O)c1ccc(SN)c(F)c1)C2. The quantitative estimate of drug-likeness (QED) is 0.327. The van der Waals surface area contributed by atoms with Crippen LogP contribution in [0.2, 0.25) is 5.15 Å². The van der Waals surface area contributed by atoms with E-state index >= 15 is 0 Å². The van der Waals surface area contributed by atoms with Crippen molar-refractivity contribution < 1.29 is 23.5 Å². The Hall–Kier alpha value is -3.15. The number of carbonyl (C=O) groups is 3. The lowest BCUT2D eigenvalue weighted by molar-refractivity contribution is -0.123. The lowest BCUT2D eigenvalue weighted by atomic mass is 9.95. The van der Waals surface area contributed by atoms with E-state index in [1.807, 2.05) is 0 Å². The largest absolute Gasteiger partial charge is 0.443 e. The molecule has 0 atom stereocenters. The third-order valence-electron chi connectivity index (χ3n) is 6.08. The van der Waals surface area contributed by atoms with E-state index < -0.39 is 17.3 Å². The zero-order chi connectivity index (χ0) is 26.9. The predicted molar refractivity (Wildman–Crippen MR) is 138 cm³/mol. The van der Waals surface area contributed by atoms with Gasteiger partial charge in [0.1, 0.15) is 23.3 Å². The Labute approximate surface area is 223 Å². The summed E-state index contributed by atoms with van der Waals surface area (Å²) in [4.78, 5) is 45.6. The van der Waals surface area contributed by atoms with Gasteiger partial charge < -0.3 is 19.9 Å². The molecule has 9 nitrogen and oxygen atoms in total. The predicted octanol–water partition coefficient (Wildman–Crippen LogP) is 4.23. The van der Waals surface area contributed by atoms with Gasteiger partial charge in [-0.15, -0.1) is 0 Å². The molecule has 0 radical (unpaired) electrons. The van der Waals surface area contributed by atoms with Gasteiger partial charge in [0.05, 0.1) is 10.6 Å². The van der Waals surface area contributed by atoms with Crippen LogP contribution in [0.3, 0.4) is 0 Å². The zero-order valence-corrected chi connectivity index (χ0v) is 22.2. The van der Waals surface area contributed by atoms with Gasteiger partial charge in [0, 0.05) is 37.2 Å². The first-order valence-corrected chi connectivity index (χ1v) is 12.8. The van der Waals surface area contributed by atoms with Crippen LogP contribution in [0.15, 0.2) is 46.4 Å². The number of amides is 3. The summed E-state index contributed by atoms with van der Waals surface area (Å²) < 4.78 is 19.5. The Morgan fingerprint density at radius 3 is 2.35 bits per heavy atom. The van der Waals surface area contributed by atoms with Crippen LogP contribution in [0.25, 0.3) is 0 Å². The Balaban J connectivity index is 1.33. The maximum absolute atomic E-state index is 14.1. The van der Waals surface area contributed by atoms with E-state index in [4.69, 9.17) is 21.5 Å². The molecule has 0 fully saturated rings. The number of aromatic nitrogens is 1. The first-order chi connectivity index (χ1) is 17.5. The van der Waals surface area contributed by atoms with Gasteiger partial charge in [0.25, 0.3) is 5.91 Å². The molecule has 0 aliphatic carbocycles. The molecule has 2 aliphatic heterocycles. The van der Waals surface area contributed by atoms with E-state index in [0.717, 1.165) is 23.1 Å². The molecule has 1 aromatic carbocycles. The van der Waals surface area contributed by atoms with Crippen molar-refractivity contribution in [2.24, 2.45) is 10.6 Å². The average Bonchev–Trinajstić information content (AvgIpc) is 3.42. The van der Waals surface area contributed by atoms with Crippen LogP contribution >= 0.6 is 23.5 Å². The molecule has 0 unspecified atom stereocenters. The van der Waals surface area contributed by atoms with Crippen LogP contribution < -0.4 is 10.5 Å². The number of rotatable bonds is 5. The average molecular weight is 548 g/mol. The van der Waals surface area contributed by atoms with Crippen molar-refractivity contribution in [1.29, 1.82) is 0 Å². The fourth-order valence-electron chi connectivity index (χ4n) is 4.00. The minimum absolute atomic E-state index is 0.173. The molecule has 3 N–H and O–H groups in total. The monoisotopic (exact) mass is 547 g/mol. The number of nitrogens with two attached hydrogens (primary N) is 1. The highest BCUT2D eigenvalue weighted by molar-refractivity contribution is 7.97. The highest BCUT2D eigenvalue weighted by Gasteiger charge is 2.35. The van der Waals surface area contributed by atoms with Crippen molar-refractivity contribution in [2.75, 3.05) is 31.5 Å². The van der Waals surface area contributed by atoms with Crippen LogP contribution in [0.1, 0.15) is 36.8 Å². The molecule has 4 rings (SSSR count). The number of anilines is 1. The van der Waals surface area contributed by atoms with Crippen LogP contribution in [0.5, 0.6) is 0 Å². The number of hydrogen-bond donors (Lipinski definition) is 2. The standard InChI is InChI=1S/C25H27ClFN5O4S/c1-25(2,3)23(34)30-18-5-7-21(26)29-19(18)13-36-24(35)32-11-15-9-31(10-16(15)12-32)22(33)14-4-6-20(37-28)17(27)8-14/h4-8H,9-13,28H2,1-3H3,(H,30,34). The Bertz CT molecular complexity index is 1280. The van der Waals surface area contributed by atoms with Gasteiger partial charge in [-0.25, -0.2) is 14.2 Å². The number of pyridine rings is 1. The fraction of sp³-hybridized carbons (Fsp3) is 0.360. The number of nitrogens with one attached hydrogen (secondary N) is 1. The first-order valence-electron chi connectivity index (χ1n) is 11.5. The van der Waals surface area contributed by atoms with Gasteiger partial charge in [-0.3, -0.25) is 14.7 Å². The van der Waals surface area contributed by atoms with Gasteiger partial charge in [-0.2, -0.15) is 0 Å². The molecule has 37 heavy (non-hydrogen) atoms. The summed E-state index contributed by atoms with van der Waals surface area (Å²) in [7, 11) is 0. The third-order valence-corrected chi connectivity index (χ3v) is 6.88. The highest BCUT2D eigenvalue weighted by atomic mass is 35.5. The van der Waals surface area contributed by atoms with Crippen molar-refractivity contribution >= 4 is 47.1 Å². The molecular weight excluding hydrogens is 521 g/mol. The van der Waals surface area contributed by atoms with Gasteiger partial charge in [0.15, 0.2) is 0 Å². The number of halogens is 2. The lowest BCUT2D eigenvalue weighted by Crippen LogP contribution is -2.36. The second-order valence-electron chi connectivity index (χ2n) is 9.87. The molecule has 3 heterocycles. The van der Waals surface area contributed by atoms with Crippen LogP contribution in [-0.4, -0.2) is 58.9 Å². The fourth-order valence-corrected chi connectivity index (χ4v) is 4.48. The number of nitrogens with zero attached hydrogens (tertiary/aromatic N) is 3. The summed E-state index contributed by atoms with van der Waals surface area (Å²) in [6.07, 6.45) is -0.543. The van der Waals surface area contributed by atoms with Crippen LogP contribution in [-0.2, 0) is 16.1 Å². The highest BCUT2D eigenvalue weighted by Crippen LogP contribution is 2.29. The third kappa shape index (κ3) is 6.06. The second kappa shape index (κ2) is 10.7. The molecule has 0 spiro atoms. The Kier molecular flexibility index (Phi) is 7.77. The summed E-state index contributed by atoms with van der Waals surface area (Å²) >= 11 is 6.80. The smallest absolute Gasteiger partial charge is 0.410 e. The van der Waals surface area contributed by atoms with Gasteiger partial charge >= 0.3 is 6.09 Å². The zero-order valence-electron chi connectivity index (χ0n) is 20.6. The Morgan fingerprint density at radius 1 is 1.11 bits per heavy atom. The van der Waals surface area contributed by atoms with Crippen molar-refractivity contribution in [1.82, 2.24) is 14.8 Å². The van der Waals surface area contributed by atoms with Crippen LogP contribution in [0.4, 0.5) is 14.9 Å². The van der Waals surface area contributed by atoms with E-state index in [0.29, 0.717) is 37.6 Å². The number of benzene rings is 1. The van der Waals surface area contributed by atoms with E-state index in [-0.39, 0.29) is 34.0 Å². The van der Waals surface area contributed by atoms with Gasteiger partial charge in [-0.05, 0) is 53.4 Å². The normalized spacial score (nSPS) is 15.2. The first kappa shape index (κ1) is 26.9. The Morgan fingerprint density at radius 2 is 1.76 bits per heavy atom. The maximum atomic E-state index is 14.1. The summed E-state index contributed by atoms with van der Waals surface area (Å²) in [5.41, 5.74) is 2.30. The van der Waals surface area contributed by atoms with Crippen molar-refractivity contribution in [3.63, 3.8) is 0 Å². The number of hydrogen-bond acceptors (Lipinski definition) is 7. The van der Waals surface area contributed by atoms with E-state index in [1.54, 1.807) is 43.9 Å². The second-order valence-corrected chi connectivity index (χ2v) is 10.9. The van der Waals surface area contributed by atoms with Gasteiger partial charge in [0.2, 0.25) is 5.91 Å². The molecule has 0 bridgehead atoms. The van der Waals surface area contributed by atoms with Crippen molar-refractivity contribution in [2.45, 2.75) is 32.3 Å². The molecule has 0 saturated heterocycles. The molecular formula is C25H27ClFN5O4S. The van der Waals surface area contributed by atoms with Crippen LogP contribution in [0, 0.1) is 11.2 Å². The molecule has 12 heteroatoms. The summed E-state index contributed by atoms with van der Waals surface area (Å²) in [6.45, 7) is 6.54. The summed E-state index contributed by atoms with van der Waals surface area (Å²) in [5.74, 6) is -1.03.